The number of aromatic nitrogens is 5. The van der Waals surface area contributed by atoms with Gasteiger partial charge in [0, 0.05) is 29.0 Å². The number of imidazole rings is 1. The Hall–Kier alpha value is -5.49. The number of phenolic OH excluding ortho intramolecular Hbond substituents is 1. The molecule has 10 nitrogen and oxygen atoms in total. The topological polar surface area (TPSA) is 149 Å². The van der Waals surface area contributed by atoms with Gasteiger partial charge >= 0.3 is 0 Å². The molecular weight excluding hydrogens is 581 g/mol. The number of nitrogens with zero attached hydrogens (tertiary/aromatic N) is 5. The van der Waals surface area contributed by atoms with Crippen LogP contribution in [0, 0.1) is 12.7 Å². The normalized spacial score (nSPS) is 14.1. The summed E-state index contributed by atoms with van der Waals surface area (Å²) in [5, 5.41) is 13.4. The lowest BCUT2D eigenvalue weighted by Gasteiger charge is -2.16. The molecule has 2 aromatic carbocycles. The van der Waals surface area contributed by atoms with Crippen molar-refractivity contribution in [2.45, 2.75) is 25.8 Å². The second-order valence-corrected chi connectivity index (χ2v) is 11.7. The monoisotopic (exact) mass is 605 g/mol. The van der Waals surface area contributed by atoms with Crippen molar-refractivity contribution in [3.63, 3.8) is 0 Å². The van der Waals surface area contributed by atoms with Crippen LogP contribution in [-0.2, 0) is 6.42 Å². The summed E-state index contributed by atoms with van der Waals surface area (Å²) in [6.07, 6.45) is 5.09. The molecule has 12 heteroatoms. The number of halogens is 1. The first-order chi connectivity index (χ1) is 21.3. The molecule has 0 saturated carbocycles. The van der Waals surface area contributed by atoms with Crippen LogP contribution in [0.4, 0.5) is 10.2 Å². The summed E-state index contributed by atoms with van der Waals surface area (Å²) in [6, 6.07) is 14.8. The predicted molar refractivity (Wildman–Crippen MR) is 164 cm³/mol. The largest absolute Gasteiger partial charge is 0.507 e. The highest BCUT2D eigenvalue weighted by Crippen LogP contribution is 2.37. The summed E-state index contributed by atoms with van der Waals surface area (Å²) in [5.74, 6) is -1.18. The number of hydrogen-bond donors (Lipinski definition) is 3. The van der Waals surface area contributed by atoms with Gasteiger partial charge in [0.05, 0.1) is 22.7 Å². The van der Waals surface area contributed by atoms with Crippen molar-refractivity contribution >= 4 is 40.5 Å². The maximum atomic E-state index is 14.5. The van der Waals surface area contributed by atoms with Crippen molar-refractivity contribution in [1.29, 1.82) is 0 Å². The Morgan fingerprint density at radius 1 is 1.16 bits per heavy atom. The Balaban J connectivity index is 1.29. The molecule has 44 heavy (non-hydrogen) atoms. The van der Waals surface area contributed by atoms with Gasteiger partial charge in [0.25, 0.3) is 5.91 Å². The van der Waals surface area contributed by atoms with Gasteiger partial charge in [-0.25, -0.2) is 24.3 Å². The standard InChI is InChI=1S/C32H24FN7O3S/c1-16-14-36-32(44-16)26-9-8-25-30(38-26)40(29(37-25)21-3-2-10-35-28(21)34)19-5-6-20-17(11-19)4-7-24(20)39-31(43)22-12-18(15-41)27(42)13-23(22)33/h2-3,5-6,8-15,24,42H,4,7H2,1H3,(H2,34,35)(H,39,43)/t24-/m0/s1. The lowest BCUT2D eigenvalue weighted by atomic mass is 10.1. The molecule has 218 valence electrons. The SMILES string of the molecule is Cc1cnc(-c2ccc3nc(-c4cccnc4N)n(-c4ccc5c(c4)CC[C@@H]5NC(=O)c4cc(C=O)c(O)cc4F)c3n2)s1. The van der Waals surface area contributed by atoms with Gasteiger partial charge in [-0.05, 0) is 73.4 Å². The first kappa shape index (κ1) is 27.3. The van der Waals surface area contributed by atoms with E-state index in [9.17, 15) is 19.1 Å². The fraction of sp³-hybridized carbons (Fsp3) is 0.125. The number of thiazole rings is 1. The third-order valence-electron chi connectivity index (χ3n) is 7.68. The van der Waals surface area contributed by atoms with Gasteiger partial charge in [-0.2, -0.15) is 0 Å². The number of amides is 1. The van der Waals surface area contributed by atoms with Crippen LogP contribution in [0.2, 0.25) is 0 Å². The van der Waals surface area contributed by atoms with E-state index in [1.165, 1.54) is 0 Å². The molecule has 0 spiro atoms. The first-order valence-corrected chi connectivity index (χ1v) is 14.6. The van der Waals surface area contributed by atoms with Crippen LogP contribution in [-0.4, -0.2) is 41.8 Å². The third-order valence-corrected chi connectivity index (χ3v) is 8.62. The van der Waals surface area contributed by atoms with E-state index in [1.54, 1.807) is 23.6 Å². The molecule has 0 radical (unpaired) electrons. The number of carbonyl (C=O) groups excluding carboxylic acids is 2. The highest BCUT2D eigenvalue weighted by Gasteiger charge is 2.27. The van der Waals surface area contributed by atoms with Crippen LogP contribution in [0.3, 0.4) is 0 Å². The van der Waals surface area contributed by atoms with E-state index < -0.39 is 17.5 Å². The number of rotatable bonds is 6. The first-order valence-electron chi connectivity index (χ1n) is 13.8. The van der Waals surface area contributed by atoms with Crippen molar-refractivity contribution < 1.29 is 19.1 Å². The minimum Gasteiger partial charge on any atom is -0.507 e. The molecule has 1 amide bonds. The molecule has 0 saturated heterocycles. The number of nitrogens with two attached hydrogens (primary N) is 1. The van der Waals surface area contributed by atoms with E-state index in [4.69, 9.17) is 15.7 Å². The number of nitrogens with one attached hydrogen (secondary N) is 1. The van der Waals surface area contributed by atoms with Crippen molar-refractivity contribution in [2.75, 3.05) is 5.73 Å². The quantitative estimate of drug-likeness (QED) is 0.209. The van der Waals surface area contributed by atoms with Crippen LogP contribution < -0.4 is 11.1 Å². The highest BCUT2D eigenvalue weighted by molar-refractivity contribution is 7.14. The van der Waals surface area contributed by atoms with Crippen molar-refractivity contribution in [3.05, 3.63) is 99.9 Å². The Kier molecular flexibility index (Phi) is 6.62. The van der Waals surface area contributed by atoms with Crippen molar-refractivity contribution in [2.24, 2.45) is 0 Å². The Bertz CT molecular complexity index is 2120. The summed E-state index contributed by atoms with van der Waals surface area (Å²) in [6.45, 7) is 2.00. The second kappa shape index (κ2) is 10.7. The zero-order chi connectivity index (χ0) is 30.5. The number of aldehydes is 1. The summed E-state index contributed by atoms with van der Waals surface area (Å²) < 4.78 is 16.5. The van der Waals surface area contributed by atoms with Crippen LogP contribution in [0.25, 0.3) is 38.9 Å². The maximum Gasteiger partial charge on any atom is 0.254 e. The van der Waals surface area contributed by atoms with Crippen molar-refractivity contribution in [3.8, 4) is 33.5 Å². The molecule has 0 bridgehead atoms. The zero-order valence-electron chi connectivity index (χ0n) is 23.3. The summed E-state index contributed by atoms with van der Waals surface area (Å²) in [7, 11) is 0. The molecule has 7 rings (SSSR count). The number of aryl methyl sites for hydroxylation is 2. The molecule has 0 unspecified atom stereocenters. The molecule has 1 aliphatic rings. The van der Waals surface area contributed by atoms with E-state index in [2.05, 4.69) is 15.3 Å². The average molecular weight is 606 g/mol. The van der Waals surface area contributed by atoms with Crippen LogP contribution in [0.15, 0.2) is 67.0 Å². The predicted octanol–water partition coefficient (Wildman–Crippen LogP) is 5.57. The number of fused-ring (bicyclic) bond motifs is 2. The van der Waals surface area contributed by atoms with Crippen LogP contribution in [0.1, 0.15) is 49.2 Å². The number of benzene rings is 2. The van der Waals surface area contributed by atoms with Gasteiger partial charge in [0.2, 0.25) is 0 Å². The molecular formula is C32H24FN7O3S. The van der Waals surface area contributed by atoms with Crippen LogP contribution >= 0.6 is 11.3 Å². The minimum absolute atomic E-state index is 0.160. The van der Waals surface area contributed by atoms with Gasteiger partial charge in [-0.15, -0.1) is 11.3 Å². The molecule has 0 aliphatic heterocycles. The fourth-order valence-corrected chi connectivity index (χ4v) is 6.29. The van der Waals surface area contributed by atoms with E-state index in [0.29, 0.717) is 47.5 Å². The third kappa shape index (κ3) is 4.65. The van der Waals surface area contributed by atoms with Gasteiger partial charge in [-0.1, -0.05) is 6.07 Å². The van der Waals surface area contributed by atoms with Gasteiger partial charge in [0.1, 0.15) is 33.6 Å². The van der Waals surface area contributed by atoms with E-state index in [1.807, 2.05) is 54.1 Å². The summed E-state index contributed by atoms with van der Waals surface area (Å²) >= 11 is 1.56. The molecule has 6 aromatic rings. The highest BCUT2D eigenvalue weighted by atomic mass is 32.1. The number of anilines is 1. The fourth-order valence-electron chi connectivity index (χ4n) is 5.56. The van der Waals surface area contributed by atoms with Gasteiger partial charge < -0.3 is 16.2 Å². The molecule has 4 N–H and O–H groups in total. The molecule has 0 fully saturated rings. The molecule has 4 heterocycles. The number of aromatic hydroxyl groups is 1. The molecule has 4 aromatic heterocycles. The van der Waals surface area contributed by atoms with Gasteiger partial charge in [-0.3, -0.25) is 14.2 Å². The van der Waals surface area contributed by atoms with E-state index >= 15 is 0 Å². The van der Waals surface area contributed by atoms with Crippen LogP contribution in [0.5, 0.6) is 5.75 Å². The number of carbonyl (C=O) groups is 2. The number of pyridine rings is 2. The zero-order valence-corrected chi connectivity index (χ0v) is 24.1. The molecule has 1 aliphatic carbocycles. The maximum absolute atomic E-state index is 14.5. The average Bonchev–Trinajstić information content (AvgIpc) is 3.73. The number of nitrogen functional groups attached to an aromatic ring is 1. The van der Waals surface area contributed by atoms with Crippen molar-refractivity contribution in [1.82, 2.24) is 29.8 Å². The van der Waals surface area contributed by atoms with E-state index in [0.717, 1.165) is 44.5 Å². The molecule has 1 atom stereocenters. The number of hydrogen-bond acceptors (Lipinski definition) is 9. The Labute approximate surface area is 254 Å². The number of phenols is 1. The lowest BCUT2D eigenvalue weighted by Crippen LogP contribution is -2.28. The summed E-state index contributed by atoms with van der Waals surface area (Å²) in [5.41, 5.74) is 11.2. The second-order valence-electron chi connectivity index (χ2n) is 10.5. The lowest BCUT2D eigenvalue weighted by molar-refractivity contribution is 0.0932. The van der Waals surface area contributed by atoms with Gasteiger partial charge in [0.15, 0.2) is 17.8 Å². The smallest absolute Gasteiger partial charge is 0.254 e. The Morgan fingerprint density at radius 3 is 2.80 bits per heavy atom. The van der Waals surface area contributed by atoms with E-state index in [-0.39, 0.29) is 17.2 Å². The Morgan fingerprint density at radius 2 is 2.02 bits per heavy atom. The summed E-state index contributed by atoms with van der Waals surface area (Å²) in [4.78, 5) is 43.9. The minimum atomic E-state index is -0.909.